The first kappa shape index (κ1) is 23.4. The molecule has 0 amide bonds. The monoisotopic (exact) mass is 416 g/mol. The van der Waals surface area contributed by atoms with Crippen molar-refractivity contribution >= 4 is 5.97 Å². The van der Waals surface area contributed by atoms with Gasteiger partial charge in [0.15, 0.2) is 0 Å². The van der Waals surface area contributed by atoms with Crippen LogP contribution in [0.15, 0.2) is 11.6 Å². The highest BCUT2D eigenvalue weighted by Crippen LogP contribution is 2.57. The van der Waals surface area contributed by atoms with Gasteiger partial charge in [-0.15, -0.1) is 0 Å². The molecule has 0 radical (unpaired) electrons. The topological polar surface area (TPSA) is 77.8 Å². The maximum Gasteiger partial charge on any atom is 0.303 e. The van der Waals surface area contributed by atoms with E-state index in [0.717, 1.165) is 38.5 Å². The van der Waals surface area contributed by atoms with E-state index in [-0.39, 0.29) is 12.3 Å². The standard InChI is InChI=1S/C26H40O4/c1-2-3-10-21-20(11-7-12-25(29)30)22-15-16-24(28)23(26(21)22)14-13-19(27)17-18-8-5-4-6-9-18/h11,18-19,21-24,26-28H,2-10,12,15-17H2,1H3,(H,29,30)/t19?,21?,22-,23+,24-,26+/m1/s1. The fraction of sp³-hybridized carbons (Fsp3) is 0.808. The lowest BCUT2D eigenvalue weighted by molar-refractivity contribution is -0.136. The minimum absolute atomic E-state index is 0.0664. The van der Waals surface area contributed by atoms with Gasteiger partial charge >= 0.3 is 5.97 Å². The minimum Gasteiger partial charge on any atom is -0.481 e. The number of fused-ring (bicyclic) bond motifs is 1. The molecule has 0 aliphatic heterocycles. The first-order valence-electron chi connectivity index (χ1n) is 12.3. The van der Waals surface area contributed by atoms with Crippen molar-refractivity contribution < 1.29 is 20.1 Å². The van der Waals surface area contributed by atoms with Crippen LogP contribution >= 0.6 is 0 Å². The Morgan fingerprint density at radius 1 is 1.20 bits per heavy atom. The predicted molar refractivity (Wildman–Crippen MR) is 119 cm³/mol. The Morgan fingerprint density at radius 2 is 1.97 bits per heavy atom. The predicted octanol–water partition coefficient (Wildman–Crippen LogP) is 4.94. The molecule has 0 saturated heterocycles. The van der Waals surface area contributed by atoms with E-state index in [0.29, 0.717) is 30.1 Å². The summed E-state index contributed by atoms with van der Waals surface area (Å²) in [6.45, 7) is 2.19. The van der Waals surface area contributed by atoms with Crippen molar-refractivity contribution in [2.45, 2.75) is 103 Å². The molecule has 2 unspecified atom stereocenters. The van der Waals surface area contributed by atoms with E-state index >= 15 is 0 Å². The van der Waals surface area contributed by atoms with E-state index < -0.39 is 18.2 Å². The van der Waals surface area contributed by atoms with Gasteiger partial charge in [-0.3, -0.25) is 4.79 Å². The Hall–Kier alpha value is -1.31. The van der Waals surface area contributed by atoms with Crippen molar-refractivity contribution in [2.24, 2.45) is 29.6 Å². The van der Waals surface area contributed by atoms with Crippen LogP contribution in [0, 0.1) is 41.4 Å². The number of hydrogen-bond donors (Lipinski definition) is 3. The van der Waals surface area contributed by atoms with Crippen LogP contribution in [0.4, 0.5) is 0 Å². The Bertz CT molecular complexity index is 652. The number of rotatable bonds is 8. The summed E-state index contributed by atoms with van der Waals surface area (Å²) in [5.74, 6) is 7.41. The zero-order chi connectivity index (χ0) is 21.5. The van der Waals surface area contributed by atoms with Gasteiger partial charge in [0.05, 0.1) is 12.0 Å². The Balaban J connectivity index is 1.67. The molecule has 3 fully saturated rings. The summed E-state index contributed by atoms with van der Waals surface area (Å²) in [6.07, 6.45) is 14.1. The van der Waals surface area contributed by atoms with Crippen LogP contribution in [0.3, 0.4) is 0 Å². The Morgan fingerprint density at radius 3 is 2.67 bits per heavy atom. The third-order valence-electron chi connectivity index (χ3n) is 7.69. The number of aliphatic hydroxyl groups excluding tert-OH is 2. The van der Waals surface area contributed by atoms with Gasteiger partial charge in [0, 0.05) is 6.42 Å². The van der Waals surface area contributed by atoms with E-state index in [2.05, 4.69) is 24.8 Å². The molecule has 4 heteroatoms. The molecule has 4 nitrogen and oxygen atoms in total. The van der Waals surface area contributed by atoms with Gasteiger partial charge in [-0.25, -0.2) is 0 Å². The van der Waals surface area contributed by atoms with Crippen LogP contribution in [0.1, 0.15) is 90.4 Å². The number of hydrogen-bond acceptors (Lipinski definition) is 3. The van der Waals surface area contributed by atoms with E-state index in [1.165, 1.54) is 37.7 Å². The van der Waals surface area contributed by atoms with Crippen LogP contribution in [-0.4, -0.2) is 33.5 Å². The first-order chi connectivity index (χ1) is 14.5. The molecule has 30 heavy (non-hydrogen) atoms. The van der Waals surface area contributed by atoms with Crippen molar-refractivity contribution in [1.82, 2.24) is 0 Å². The second kappa shape index (κ2) is 11.3. The molecular weight excluding hydrogens is 376 g/mol. The number of aliphatic carboxylic acids is 1. The average molecular weight is 417 g/mol. The van der Waals surface area contributed by atoms with Gasteiger partial charge in [0.25, 0.3) is 0 Å². The number of aliphatic hydroxyl groups is 2. The number of carboxylic acid groups (broad SMARTS) is 1. The lowest BCUT2D eigenvalue weighted by atomic mass is 9.50. The molecular formula is C26H40O4. The lowest BCUT2D eigenvalue weighted by Crippen LogP contribution is -2.51. The largest absolute Gasteiger partial charge is 0.481 e. The van der Waals surface area contributed by atoms with Gasteiger partial charge < -0.3 is 15.3 Å². The molecule has 0 aromatic heterocycles. The van der Waals surface area contributed by atoms with Gasteiger partial charge in [-0.05, 0) is 55.8 Å². The molecule has 3 N–H and O–H groups in total. The summed E-state index contributed by atoms with van der Waals surface area (Å²) in [5, 5.41) is 30.2. The molecule has 0 aromatic carbocycles. The fourth-order valence-electron chi connectivity index (χ4n) is 6.16. The van der Waals surface area contributed by atoms with Crippen LogP contribution < -0.4 is 0 Å². The highest BCUT2D eigenvalue weighted by Gasteiger charge is 2.52. The molecule has 3 aliphatic carbocycles. The molecule has 0 aromatic rings. The highest BCUT2D eigenvalue weighted by molar-refractivity contribution is 5.66. The molecule has 6 atom stereocenters. The molecule has 0 spiro atoms. The van der Waals surface area contributed by atoms with E-state index in [9.17, 15) is 15.0 Å². The smallest absolute Gasteiger partial charge is 0.303 e. The van der Waals surface area contributed by atoms with Crippen LogP contribution in [0.25, 0.3) is 0 Å². The maximum absolute atomic E-state index is 10.9. The molecule has 3 rings (SSSR count). The molecule has 0 bridgehead atoms. The summed E-state index contributed by atoms with van der Waals surface area (Å²) in [4.78, 5) is 10.9. The number of unbranched alkanes of at least 4 members (excludes halogenated alkanes) is 1. The van der Waals surface area contributed by atoms with Crippen molar-refractivity contribution in [3.8, 4) is 11.8 Å². The van der Waals surface area contributed by atoms with Gasteiger partial charge in [-0.1, -0.05) is 75.4 Å². The zero-order valence-corrected chi connectivity index (χ0v) is 18.6. The molecule has 0 heterocycles. The van der Waals surface area contributed by atoms with E-state index in [1.807, 2.05) is 0 Å². The second-order valence-corrected chi connectivity index (χ2v) is 9.78. The normalized spacial score (nSPS) is 33.8. The molecule has 3 saturated carbocycles. The van der Waals surface area contributed by atoms with Crippen LogP contribution in [-0.2, 0) is 4.79 Å². The van der Waals surface area contributed by atoms with Gasteiger partial charge in [0.2, 0.25) is 0 Å². The number of carbonyl (C=O) groups is 1. The summed E-state index contributed by atoms with van der Waals surface area (Å²) in [5.41, 5.74) is 1.41. The zero-order valence-electron chi connectivity index (χ0n) is 18.6. The summed E-state index contributed by atoms with van der Waals surface area (Å²) < 4.78 is 0. The third-order valence-corrected chi connectivity index (χ3v) is 7.69. The minimum atomic E-state index is -0.748. The average Bonchev–Trinajstić information content (AvgIpc) is 2.72. The molecule has 168 valence electrons. The molecule has 3 aliphatic rings. The third kappa shape index (κ3) is 5.89. The summed E-state index contributed by atoms with van der Waals surface area (Å²) in [6, 6.07) is 0. The Kier molecular flexibility index (Phi) is 8.84. The van der Waals surface area contributed by atoms with Crippen LogP contribution in [0.5, 0.6) is 0 Å². The lowest BCUT2D eigenvalue weighted by Gasteiger charge is -2.55. The van der Waals surface area contributed by atoms with Crippen molar-refractivity contribution in [3.63, 3.8) is 0 Å². The van der Waals surface area contributed by atoms with Gasteiger partial charge in [-0.2, -0.15) is 0 Å². The Labute approximate surface area is 182 Å². The van der Waals surface area contributed by atoms with E-state index in [1.54, 1.807) is 0 Å². The SMILES string of the molecule is CCCCC1C(=CCCC(=O)O)[C@H]2CC[C@@H](O)[C@H](C#CC(O)CC3CCCCC3)[C@@H]12. The highest BCUT2D eigenvalue weighted by atomic mass is 16.4. The number of allylic oxidation sites excluding steroid dienone is 2. The fourth-order valence-corrected chi connectivity index (χ4v) is 6.16. The first-order valence-corrected chi connectivity index (χ1v) is 12.3. The summed E-state index contributed by atoms with van der Waals surface area (Å²) >= 11 is 0. The quantitative estimate of drug-likeness (QED) is 0.387. The van der Waals surface area contributed by atoms with Crippen molar-refractivity contribution in [3.05, 3.63) is 11.6 Å². The summed E-state index contributed by atoms with van der Waals surface area (Å²) in [7, 11) is 0. The maximum atomic E-state index is 10.9. The van der Waals surface area contributed by atoms with Crippen molar-refractivity contribution in [2.75, 3.05) is 0 Å². The van der Waals surface area contributed by atoms with Crippen molar-refractivity contribution in [1.29, 1.82) is 0 Å². The van der Waals surface area contributed by atoms with Crippen LogP contribution in [0.2, 0.25) is 0 Å². The van der Waals surface area contributed by atoms with Gasteiger partial charge in [0.1, 0.15) is 6.10 Å². The second-order valence-electron chi connectivity index (χ2n) is 9.78. The number of carboxylic acids is 1. The van der Waals surface area contributed by atoms with E-state index in [4.69, 9.17) is 5.11 Å².